The summed E-state index contributed by atoms with van der Waals surface area (Å²) in [5.74, 6) is 1.09. The monoisotopic (exact) mass is 322 g/mol. The molecule has 0 fully saturated rings. The Balaban J connectivity index is 2.20. The van der Waals surface area contributed by atoms with Crippen LogP contribution in [0.2, 0.25) is 0 Å². The molecule has 6 heteroatoms. The molecule has 2 amide bonds. The first-order valence-electron chi connectivity index (χ1n) is 7.73. The highest BCUT2D eigenvalue weighted by molar-refractivity contribution is 5.81. The van der Waals surface area contributed by atoms with Crippen molar-refractivity contribution in [1.29, 1.82) is 0 Å². The highest BCUT2D eigenvalue weighted by Crippen LogP contribution is 2.17. The van der Waals surface area contributed by atoms with E-state index in [0.717, 1.165) is 5.75 Å². The Morgan fingerprint density at radius 1 is 0.957 bits per heavy atom. The second-order valence-electron chi connectivity index (χ2n) is 6.05. The summed E-state index contributed by atoms with van der Waals surface area (Å²) < 4.78 is 10.7. The highest BCUT2D eigenvalue weighted by atomic mass is 16.5. The maximum atomic E-state index is 11.7. The number of rotatable bonds is 8. The van der Waals surface area contributed by atoms with E-state index in [9.17, 15) is 9.59 Å². The molecular weight excluding hydrogens is 296 g/mol. The average molecular weight is 322 g/mol. The zero-order valence-corrected chi connectivity index (χ0v) is 14.3. The minimum Gasteiger partial charge on any atom is -0.494 e. The van der Waals surface area contributed by atoms with E-state index in [2.05, 4.69) is 10.6 Å². The third-order valence-electron chi connectivity index (χ3n) is 2.92. The number of hydrogen-bond donors (Lipinski definition) is 2. The van der Waals surface area contributed by atoms with Crippen LogP contribution in [-0.4, -0.2) is 38.1 Å². The van der Waals surface area contributed by atoms with Crippen LogP contribution in [0.25, 0.3) is 0 Å². The fourth-order valence-corrected chi connectivity index (χ4v) is 1.64. The molecule has 0 atom stereocenters. The van der Waals surface area contributed by atoms with E-state index in [-0.39, 0.29) is 18.4 Å². The summed E-state index contributed by atoms with van der Waals surface area (Å²) >= 11 is 0. The van der Waals surface area contributed by atoms with Gasteiger partial charge < -0.3 is 20.1 Å². The van der Waals surface area contributed by atoms with E-state index in [4.69, 9.17) is 9.47 Å². The molecular formula is C17H26N2O4. The maximum absolute atomic E-state index is 11.7. The second-order valence-corrected chi connectivity index (χ2v) is 6.05. The van der Waals surface area contributed by atoms with Crippen molar-refractivity contribution in [1.82, 2.24) is 10.6 Å². The predicted molar refractivity (Wildman–Crippen MR) is 88.6 cm³/mol. The lowest BCUT2D eigenvalue weighted by atomic mass is 9.96. The Morgan fingerprint density at radius 3 is 2.00 bits per heavy atom. The summed E-state index contributed by atoms with van der Waals surface area (Å²) in [5.41, 5.74) is -0.430. The van der Waals surface area contributed by atoms with E-state index in [1.54, 1.807) is 24.3 Å². The molecule has 0 aliphatic rings. The van der Waals surface area contributed by atoms with Crippen LogP contribution in [0, 0.1) is 5.41 Å². The quantitative estimate of drug-likeness (QED) is 0.715. The van der Waals surface area contributed by atoms with Crippen molar-refractivity contribution in [2.75, 3.05) is 26.3 Å². The van der Waals surface area contributed by atoms with E-state index in [1.807, 2.05) is 27.7 Å². The summed E-state index contributed by atoms with van der Waals surface area (Å²) in [7, 11) is 0. The van der Waals surface area contributed by atoms with Gasteiger partial charge in [0.1, 0.15) is 11.5 Å². The first kappa shape index (κ1) is 18.8. The van der Waals surface area contributed by atoms with Gasteiger partial charge in [-0.15, -0.1) is 0 Å². The van der Waals surface area contributed by atoms with E-state index >= 15 is 0 Å². The third-order valence-corrected chi connectivity index (χ3v) is 2.92. The lowest BCUT2D eigenvalue weighted by molar-refractivity contribution is -0.128. The van der Waals surface area contributed by atoms with Gasteiger partial charge in [0.15, 0.2) is 6.61 Å². The van der Waals surface area contributed by atoms with Gasteiger partial charge in [0.25, 0.3) is 5.91 Å². The molecule has 6 nitrogen and oxygen atoms in total. The Labute approximate surface area is 137 Å². The van der Waals surface area contributed by atoms with Crippen molar-refractivity contribution in [3.8, 4) is 11.5 Å². The van der Waals surface area contributed by atoms with Crippen LogP contribution < -0.4 is 20.1 Å². The van der Waals surface area contributed by atoms with Crippen LogP contribution in [0.5, 0.6) is 11.5 Å². The zero-order chi connectivity index (χ0) is 17.3. The lowest BCUT2D eigenvalue weighted by Gasteiger charge is -2.17. The Kier molecular flexibility index (Phi) is 7.38. The smallest absolute Gasteiger partial charge is 0.258 e. The van der Waals surface area contributed by atoms with Gasteiger partial charge in [-0.3, -0.25) is 9.59 Å². The molecule has 0 heterocycles. The minimum absolute atomic E-state index is 0.0441. The summed E-state index contributed by atoms with van der Waals surface area (Å²) in [6.07, 6.45) is 0. The van der Waals surface area contributed by atoms with Crippen LogP contribution in [0.4, 0.5) is 0 Å². The van der Waals surface area contributed by atoms with Gasteiger partial charge in [-0.05, 0) is 31.2 Å². The van der Waals surface area contributed by atoms with Crippen LogP contribution in [0.15, 0.2) is 24.3 Å². The molecule has 0 bridgehead atoms. The molecule has 0 saturated heterocycles. The molecule has 0 aliphatic heterocycles. The van der Waals surface area contributed by atoms with Crippen LogP contribution in [0.1, 0.15) is 27.7 Å². The Morgan fingerprint density at radius 2 is 1.48 bits per heavy atom. The van der Waals surface area contributed by atoms with Crippen LogP contribution in [0.3, 0.4) is 0 Å². The average Bonchev–Trinajstić information content (AvgIpc) is 2.50. The number of ether oxygens (including phenoxy) is 2. The maximum Gasteiger partial charge on any atom is 0.258 e. The molecule has 0 radical (unpaired) electrons. The highest BCUT2D eigenvalue weighted by Gasteiger charge is 2.20. The van der Waals surface area contributed by atoms with E-state index < -0.39 is 5.41 Å². The normalized spacial score (nSPS) is 10.8. The number of hydrogen-bond acceptors (Lipinski definition) is 4. The molecule has 128 valence electrons. The Hall–Kier alpha value is -2.24. The van der Waals surface area contributed by atoms with Crippen molar-refractivity contribution in [2.45, 2.75) is 27.7 Å². The van der Waals surface area contributed by atoms with Crippen LogP contribution >= 0.6 is 0 Å². The minimum atomic E-state index is -0.430. The van der Waals surface area contributed by atoms with E-state index in [0.29, 0.717) is 25.4 Å². The molecule has 0 aromatic heterocycles. The number of amides is 2. The molecule has 2 N–H and O–H groups in total. The van der Waals surface area contributed by atoms with Crippen molar-refractivity contribution >= 4 is 11.8 Å². The number of benzene rings is 1. The first-order valence-corrected chi connectivity index (χ1v) is 7.73. The number of nitrogens with one attached hydrogen (secondary N) is 2. The molecule has 1 rings (SSSR count). The molecule has 23 heavy (non-hydrogen) atoms. The third kappa shape index (κ3) is 7.54. The van der Waals surface area contributed by atoms with Crippen molar-refractivity contribution in [3.05, 3.63) is 24.3 Å². The topological polar surface area (TPSA) is 76.7 Å². The van der Waals surface area contributed by atoms with Crippen molar-refractivity contribution in [2.24, 2.45) is 5.41 Å². The lowest BCUT2D eigenvalue weighted by Crippen LogP contribution is -2.40. The fourth-order valence-electron chi connectivity index (χ4n) is 1.64. The number of carbonyl (C=O) groups excluding carboxylic acids is 2. The largest absolute Gasteiger partial charge is 0.494 e. The second kappa shape index (κ2) is 9.02. The van der Waals surface area contributed by atoms with Gasteiger partial charge in [0.2, 0.25) is 5.91 Å². The van der Waals surface area contributed by atoms with Gasteiger partial charge in [0.05, 0.1) is 6.61 Å². The molecule has 0 spiro atoms. The molecule has 1 aromatic carbocycles. The van der Waals surface area contributed by atoms with Crippen molar-refractivity contribution in [3.63, 3.8) is 0 Å². The Bertz CT molecular complexity index is 506. The summed E-state index contributed by atoms with van der Waals surface area (Å²) in [6.45, 7) is 8.73. The van der Waals surface area contributed by atoms with Crippen molar-refractivity contribution < 1.29 is 19.1 Å². The zero-order valence-electron chi connectivity index (χ0n) is 14.3. The van der Waals surface area contributed by atoms with Gasteiger partial charge in [-0.25, -0.2) is 0 Å². The number of carbonyl (C=O) groups is 2. The molecule has 0 unspecified atom stereocenters. The van der Waals surface area contributed by atoms with Gasteiger partial charge in [0, 0.05) is 18.5 Å². The van der Waals surface area contributed by atoms with Gasteiger partial charge in [-0.2, -0.15) is 0 Å². The first-order chi connectivity index (χ1) is 10.8. The summed E-state index contributed by atoms with van der Waals surface area (Å²) in [6, 6.07) is 7.08. The molecule has 1 aromatic rings. The van der Waals surface area contributed by atoms with Gasteiger partial charge in [-0.1, -0.05) is 20.8 Å². The molecule has 0 aliphatic carbocycles. The van der Waals surface area contributed by atoms with Crippen LogP contribution in [-0.2, 0) is 9.59 Å². The fraction of sp³-hybridized carbons (Fsp3) is 0.529. The SMILES string of the molecule is CCOc1ccc(OCC(=O)NCCNC(=O)C(C)(C)C)cc1. The summed E-state index contributed by atoms with van der Waals surface area (Å²) in [4.78, 5) is 23.3. The molecule has 0 saturated carbocycles. The van der Waals surface area contributed by atoms with Gasteiger partial charge >= 0.3 is 0 Å². The standard InChI is InChI=1S/C17H26N2O4/c1-5-22-13-6-8-14(9-7-13)23-12-15(20)18-10-11-19-16(21)17(2,3)4/h6-9H,5,10-12H2,1-4H3,(H,18,20)(H,19,21). The summed E-state index contributed by atoms with van der Waals surface area (Å²) in [5, 5.41) is 5.45. The van der Waals surface area contributed by atoms with E-state index in [1.165, 1.54) is 0 Å². The predicted octanol–water partition coefficient (Wildman–Crippen LogP) is 1.74.